The van der Waals surface area contributed by atoms with Gasteiger partial charge in [0.15, 0.2) is 0 Å². The lowest BCUT2D eigenvalue weighted by Gasteiger charge is -2.20. The van der Waals surface area contributed by atoms with Crippen LogP contribution in [0.15, 0.2) is 45.3 Å². The van der Waals surface area contributed by atoms with Crippen LogP contribution in [0.25, 0.3) is 0 Å². The quantitative estimate of drug-likeness (QED) is 0.680. The third-order valence-corrected chi connectivity index (χ3v) is 4.86. The second kappa shape index (κ2) is 6.35. The van der Waals surface area contributed by atoms with Gasteiger partial charge >= 0.3 is 0 Å². The molecule has 0 saturated carbocycles. The number of hydrogen-bond acceptors (Lipinski definition) is 1. The molecular formula is C14H11Br2ClFN. The third kappa shape index (κ3) is 3.02. The first kappa shape index (κ1) is 15.0. The van der Waals surface area contributed by atoms with E-state index in [1.165, 1.54) is 0 Å². The first-order valence-electron chi connectivity index (χ1n) is 5.61. The second-order valence-electron chi connectivity index (χ2n) is 4.01. The maximum Gasteiger partial charge on any atom is 0.148 e. The van der Waals surface area contributed by atoms with Crippen molar-refractivity contribution in [2.75, 3.05) is 7.05 Å². The van der Waals surface area contributed by atoms with Crippen molar-refractivity contribution in [2.24, 2.45) is 0 Å². The first-order chi connectivity index (χ1) is 9.06. The minimum Gasteiger partial charge on any atom is -0.309 e. The molecule has 1 unspecified atom stereocenters. The van der Waals surface area contributed by atoms with Crippen LogP contribution in [0.2, 0.25) is 5.02 Å². The van der Waals surface area contributed by atoms with Crippen LogP contribution in [0, 0.1) is 5.82 Å². The van der Waals surface area contributed by atoms with E-state index in [2.05, 4.69) is 37.2 Å². The van der Waals surface area contributed by atoms with Gasteiger partial charge in [-0.3, -0.25) is 0 Å². The van der Waals surface area contributed by atoms with Crippen LogP contribution in [0.1, 0.15) is 17.2 Å². The molecule has 2 aromatic rings. The molecule has 0 aromatic heterocycles. The molecule has 19 heavy (non-hydrogen) atoms. The maximum absolute atomic E-state index is 14.3. The van der Waals surface area contributed by atoms with Crippen molar-refractivity contribution in [1.29, 1.82) is 0 Å². The molecule has 1 nitrogen and oxygen atoms in total. The van der Waals surface area contributed by atoms with Gasteiger partial charge in [-0.2, -0.15) is 0 Å². The van der Waals surface area contributed by atoms with Crippen LogP contribution >= 0.6 is 43.5 Å². The predicted octanol–water partition coefficient (Wildman–Crippen LogP) is 5.31. The number of rotatable bonds is 3. The van der Waals surface area contributed by atoms with Crippen molar-refractivity contribution in [3.63, 3.8) is 0 Å². The van der Waals surface area contributed by atoms with E-state index in [-0.39, 0.29) is 11.1 Å². The average Bonchev–Trinajstić information content (AvgIpc) is 2.41. The smallest absolute Gasteiger partial charge is 0.148 e. The van der Waals surface area contributed by atoms with Gasteiger partial charge in [-0.15, -0.1) is 0 Å². The van der Waals surface area contributed by atoms with E-state index in [0.29, 0.717) is 10.0 Å². The fourth-order valence-electron chi connectivity index (χ4n) is 1.95. The Hall–Kier alpha value is -0.420. The zero-order valence-corrected chi connectivity index (χ0v) is 14.0. The molecule has 0 saturated heterocycles. The van der Waals surface area contributed by atoms with E-state index in [9.17, 15) is 4.39 Å². The Balaban J connectivity index is 2.55. The maximum atomic E-state index is 14.3. The zero-order valence-electron chi connectivity index (χ0n) is 10.1. The van der Waals surface area contributed by atoms with Crippen molar-refractivity contribution in [3.05, 3.63) is 67.3 Å². The summed E-state index contributed by atoms with van der Waals surface area (Å²) in [5.41, 5.74) is 1.48. The van der Waals surface area contributed by atoms with E-state index < -0.39 is 5.82 Å². The van der Waals surface area contributed by atoms with Crippen molar-refractivity contribution in [2.45, 2.75) is 6.04 Å². The average molecular weight is 408 g/mol. The molecular weight excluding hydrogens is 396 g/mol. The molecule has 0 bridgehead atoms. The van der Waals surface area contributed by atoms with E-state index in [0.717, 1.165) is 10.0 Å². The van der Waals surface area contributed by atoms with Gasteiger partial charge in [-0.05, 0) is 40.7 Å². The summed E-state index contributed by atoms with van der Waals surface area (Å²) in [7, 11) is 1.79. The normalized spacial score (nSPS) is 12.5. The summed E-state index contributed by atoms with van der Waals surface area (Å²) in [5.74, 6) is -0.411. The molecule has 0 radical (unpaired) electrons. The second-order valence-corrected chi connectivity index (χ2v) is 6.09. The Kier molecular flexibility index (Phi) is 5.01. The van der Waals surface area contributed by atoms with Gasteiger partial charge in [0.05, 0.1) is 11.1 Å². The Morgan fingerprint density at radius 2 is 1.74 bits per heavy atom. The summed E-state index contributed by atoms with van der Waals surface area (Å²) in [6, 6.07) is 10.9. The molecule has 0 aliphatic carbocycles. The minimum atomic E-state index is -0.411. The molecule has 2 rings (SSSR count). The summed E-state index contributed by atoms with van der Waals surface area (Å²) in [5, 5.41) is 3.22. The molecule has 0 aliphatic heterocycles. The van der Waals surface area contributed by atoms with Gasteiger partial charge in [0.25, 0.3) is 0 Å². The Morgan fingerprint density at radius 3 is 2.37 bits per heavy atom. The van der Waals surface area contributed by atoms with Crippen LogP contribution in [-0.4, -0.2) is 7.05 Å². The highest BCUT2D eigenvalue weighted by Gasteiger charge is 2.20. The standard InChI is InChI=1S/C14H11Br2ClFN/c1-19-14(8-4-2-3-5-10(8)15)9-6-7-11(16)12(17)13(9)18/h2-7,14,19H,1H3. The first-order valence-corrected chi connectivity index (χ1v) is 7.57. The summed E-state index contributed by atoms with van der Waals surface area (Å²) in [4.78, 5) is 0. The molecule has 0 amide bonds. The Labute approximate surface area is 133 Å². The van der Waals surface area contributed by atoms with Gasteiger partial charge in [0.1, 0.15) is 5.82 Å². The van der Waals surface area contributed by atoms with E-state index >= 15 is 0 Å². The highest BCUT2D eigenvalue weighted by atomic mass is 79.9. The molecule has 1 atom stereocenters. The van der Waals surface area contributed by atoms with Gasteiger partial charge < -0.3 is 5.32 Å². The number of benzene rings is 2. The monoisotopic (exact) mass is 405 g/mol. The fourth-order valence-corrected chi connectivity index (χ4v) is 2.94. The van der Waals surface area contributed by atoms with E-state index in [1.807, 2.05) is 24.3 Å². The summed E-state index contributed by atoms with van der Waals surface area (Å²) in [6.07, 6.45) is 0. The highest BCUT2D eigenvalue weighted by Crippen LogP contribution is 2.34. The summed E-state index contributed by atoms with van der Waals surface area (Å²) in [6.45, 7) is 0. The SMILES string of the molecule is CNC(c1ccccc1Br)c1ccc(Br)c(Cl)c1F. The van der Waals surface area contributed by atoms with Gasteiger partial charge in [-0.25, -0.2) is 4.39 Å². The third-order valence-electron chi connectivity index (χ3n) is 2.88. The van der Waals surface area contributed by atoms with Gasteiger partial charge in [0.2, 0.25) is 0 Å². The van der Waals surface area contributed by atoms with Crippen molar-refractivity contribution in [1.82, 2.24) is 5.32 Å². The molecule has 1 N–H and O–H groups in total. The molecule has 0 aliphatic rings. The highest BCUT2D eigenvalue weighted by molar-refractivity contribution is 9.10. The molecule has 2 aromatic carbocycles. The van der Waals surface area contributed by atoms with Crippen LogP contribution < -0.4 is 5.32 Å². The van der Waals surface area contributed by atoms with Crippen LogP contribution in [0.5, 0.6) is 0 Å². The van der Waals surface area contributed by atoms with Crippen LogP contribution in [0.4, 0.5) is 4.39 Å². The topological polar surface area (TPSA) is 12.0 Å². The Bertz CT molecular complexity index is 604. The van der Waals surface area contributed by atoms with Crippen molar-refractivity contribution >= 4 is 43.5 Å². The zero-order chi connectivity index (χ0) is 14.0. The van der Waals surface area contributed by atoms with Crippen LogP contribution in [-0.2, 0) is 0 Å². The lowest BCUT2D eigenvalue weighted by atomic mass is 9.98. The predicted molar refractivity (Wildman–Crippen MR) is 84.2 cm³/mol. The van der Waals surface area contributed by atoms with Crippen molar-refractivity contribution < 1.29 is 4.39 Å². The molecule has 100 valence electrons. The van der Waals surface area contributed by atoms with Gasteiger partial charge in [0, 0.05) is 14.5 Å². The largest absolute Gasteiger partial charge is 0.309 e. The van der Waals surface area contributed by atoms with E-state index in [4.69, 9.17) is 11.6 Å². The lowest BCUT2D eigenvalue weighted by Crippen LogP contribution is -2.19. The van der Waals surface area contributed by atoms with Crippen molar-refractivity contribution in [3.8, 4) is 0 Å². The fraction of sp³-hybridized carbons (Fsp3) is 0.143. The number of hydrogen-bond donors (Lipinski definition) is 1. The molecule has 0 fully saturated rings. The molecule has 0 heterocycles. The Morgan fingerprint density at radius 1 is 1.05 bits per heavy atom. The molecule has 5 heteroatoms. The summed E-state index contributed by atoms with van der Waals surface area (Å²) >= 11 is 12.7. The number of nitrogens with one attached hydrogen (secondary N) is 1. The van der Waals surface area contributed by atoms with Gasteiger partial charge in [-0.1, -0.05) is 51.8 Å². The number of halogens is 4. The lowest BCUT2D eigenvalue weighted by molar-refractivity contribution is 0.575. The summed E-state index contributed by atoms with van der Waals surface area (Å²) < 4.78 is 15.8. The van der Waals surface area contributed by atoms with Crippen LogP contribution in [0.3, 0.4) is 0 Å². The molecule has 0 spiro atoms. The minimum absolute atomic E-state index is 0.102. The van der Waals surface area contributed by atoms with E-state index in [1.54, 1.807) is 19.2 Å².